The maximum absolute atomic E-state index is 10.6. The molecule has 3 rings (SSSR count). The van der Waals surface area contributed by atoms with Crippen LogP contribution in [0.25, 0.3) is 5.69 Å². The summed E-state index contributed by atoms with van der Waals surface area (Å²) in [7, 11) is 1.64. The summed E-state index contributed by atoms with van der Waals surface area (Å²) < 4.78 is 19.1. The van der Waals surface area contributed by atoms with Gasteiger partial charge in [0.1, 0.15) is 11.5 Å². The van der Waals surface area contributed by atoms with Gasteiger partial charge in [0.25, 0.3) is 0 Å². The second-order valence-corrected chi connectivity index (χ2v) is 8.40. The van der Waals surface area contributed by atoms with E-state index in [1.54, 1.807) is 7.11 Å². The molecule has 2 atom stereocenters. The van der Waals surface area contributed by atoms with Gasteiger partial charge in [0.05, 0.1) is 36.8 Å². The number of aromatic nitrogens is 2. The Kier molecular flexibility index (Phi) is 9.51. The fourth-order valence-electron chi connectivity index (χ4n) is 3.78. The summed E-state index contributed by atoms with van der Waals surface area (Å²) in [6, 6.07) is 17.8. The highest BCUT2D eigenvalue weighted by molar-refractivity contribution is 5.44. The van der Waals surface area contributed by atoms with Crippen LogP contribution in [-0.4, -0.2) is 58.8 Å². The zero-order valence-corrected chi connectivity index (χ0v) is 20.9. The molecule has 2 aromatic carbocycles. The van der Waals surface area contributed by atoms with Crippen LogP contribution in [0.4, 0.5) is 0 Å². The van der Waals surface area contributed by atoms with E-state index in [-0.39, 0.29) is 6.04 Å². The minimum atomic E-state index is -0.568. The molecular weight excluding hydrogens is 430 g/mol. The Morgan fingerprint density at radius 2 is 1.79 bits per heavy atom. The largest absolute Gasteiger partial charge is 0.497 e. The minimum absolute atomic E-state index is 0.264. The average molecular weight is 468 g/mol. The van der Waals surface area contributed by atoms with Crippen LogP contribution >= 0.6 is 0 Å². The van der Waals surface area contributed by atoms with E-state index in [0.717, 1.165) is 29.1 Å². The number of para-hydroxylation sites is 1. The van der Waals surface area contributed by atoms with Crippen LogP contribution in [0, 0.1) is 6.92 Å². The molecule has 34 heavy (non-hydrogen) atoms. The zero-order chi connectivity index (χ0) is 24.5. The van der Waals surface area contributed by atoms with Crippen molar-refractivity contribution >= 4 is 0 Å². The fourth-order valence-corrected chi connectivity index (χ4v) is 3.78. The Morgan fingerprint density at radius 1 is 1.06 bits per heavy atom. The second-order valence-electron chi connectivity index (χ2n) is 8.40. The molecule has 0 saturated heterocycles. The number of methoxy groups -OCH3 is 1. The van der Waals surface area contributed by atoms with E-state index < -0.39 is 6.10 Å². The molecular formula is C27H37N3O4. The van der Waals surface area contributed by atoms with E-state index in [1.807, 2.05) is 73.1 Å². The molecule has 0 amide bonds. The SMILES string of the molecule is CCOC[C@@H](O)CN(Cc1c(C)nn(-c2ccccc2)c1Oc1cccc(OC)c1)[C@H](C)CC. The van der Waals surface area contributed by atoms with Gasteiger partial charge in [0, 0.05) is 31.8 Å². The molecule has 0 saturated carbocycles. The van der Waals surface area contributed by atoms with Gasteiger partial charge in [-0.3, -0.25) is 4.90 Å². The molecule has 0 unspecified atom stereocenters. The molecule has 0 aliphatic rings. The predicted octanol–water partition coefficient (Wildman–Crippen LogP) is 4.98. The second kappa shape index (κ2) is 12.6. The van der Waals surface area contributed by atoms with Crippen molar-refractivity contribution in [1.29, 1.82) is 0 Å². The topological polar surface area (TPSA) is 69.0 Å². The van der Waals surface area contributed by atoms with Gasteiger partial charge in [0.15, 0.2) is 0 Å². The van der Waals surface area contributed by atoms with E-state index in [9.17, 15) is 5.11 Å². The number of aliphatic hydroxyl groups is 1. The monoisotopic (exact) mass is 467 g/mol. The quantitative estimate of drug-likeness (QED) is 0.382. The normalized spacial score (nSPS) is 13.1. The maximum Gasteiger partial charge on any atom is 0.227 e. The van der Waals surface area contributed by atoms with Gasteiger partial charge in [-0.2, -0.15) is 5.10 Å². The Morgan fingerprint density at radius 3 is 2.47 bits per heavy atom. The Bertz CT molecular complexity index is 1020. The van der Waals surface area contributed by atoms with Crippen molar-refractivity contribution in [2.75, 3.05) is 26.9 Å². The van der Waals surface area contributed by atoms with Gasteiger partial charge in [-0.05, 0) is 51.5 Å². The van der Waals surface area contributed by atoms with Crippen molar-refractivity contribution in [2.24, 2.45) is 0 Å². The number of aryl methyl sites for hydroxylation is 1. The van der Waals surface area contributed by atoms with Gasteiger partial charge < -0.3 is 19.3 Å². The summed E-state index contributed by atoms with van der Waals surface area (Å²) in [5.41, 5.74) is 2.78. The molecule has 0 bridgehead atoms. The van der Waals surface area contributed by atoms with E-state index >= 15 is 0 Å². The molecule has 0 spiro atoms. The highest BCUT2D eigenvalue weighted by atomic mass is 16.5. The van der Waals surface area contributed by atoms with Crippen LogP contribution in [0.15, 0.2) is 54.6 Å². The third-order valence-corrected chi connectivity index (χ3v) is 5.93. The number of benzene rings is 2. The molecule has 1 aromatic heterocycles. The highest BCUT2D eigenvalue weighted by Crippen LogP contribution is 2.33. The van der Waals surface area contributed by atoms with E-state index in [4.69, 9.17) is 19.3 Å². The number of nitrogens with zero attached hydrogens (tertiary/aromatic N) is 3. The summed E-state index contributed by atoms with van der Waals surface area (Å²) in [6.45, 7) is 10.3. The lowest BCUT2D eigenvalue weighted by molar-refractivity contribution is 0.0111. The van der Waals surface area contributed by atoms with Gasteiger partial charge >= 0.3 is 0 Å². The van der Waals surface area contributed by atoms with Crippen LogP contribution in [0.1, 0.15) is 38.4 Å². The lowest BCUT2D eigenvalue weighted by atomic mass is 10.1. The summed E-state index contributed by atoms with van der Waals surface area (Å²) in [5, 5.41) is 15.4. The smallest absolute Gasteiger partial charge is 0.227 e. The van der Waals surface area contributed by atoms with Crippen LogP contribution in [0.5, 0.6) is 17.4 Å². The fraction of sp³-hybridized carbons (Fsp3) is 0.444. The molecule has 0 aliphatic heterocycles. The third kappa shape index (κ3) is 6.59. The molecule has 1 N–H and O–H groups in total. The van der Waals surface area contributed by atoms with Crippen LogP contribution in [-0.2, 0) is 11.3 Å². The lowest BCUT2D eigenvalue weighted by Crippen LogP contribution is -2.40. The van der Waals surface area contributed by atoms with Crippen molar-refractivity contribution in [3.05, 3.63) is 65.9 Å². The lowest BCUT2D eigenvalue weighted by Gasteiger charge is -2.30. The molecule has 7 heteroatoms. The first-order valence-electron chi connectivity index (χ1n) is 11.9. The Labute approximate surface area is 202 Å². The molecule has 3 aromatic rings. The Hall–Kier alpha value is -2.87. The predicted molar refractivity (Wildman–Crippen MR) is 134 cm³/mol. The third-order valence-electron chi connectivity index (χ3n) is 5.93. The van der Waals surface area contributed by atoms with Gasteiger partial charge in [-0.25, -0.2) is 4.68 Å². The van der Waals surface area contributed by atoms with Crippen LogP contribution < -0.4 is 9.47 Å². The van der Waals surface area contributed by atoms with Crippen LogP contribution in [0.2, 0.25) is 0 Å². The zero-order valence-electron chi connectivity index (χ0n) is 20.9. The summed E-state index contributed by atoms with van der Waals surface area (Å²) in [5.74, 6) is 2.05. The van der Waals surface area contributed by atoms with E-state index in [1.165, 1.54) is 0 Å². The molecule has 184 valence electrons. The van der Waals surface area contributed by atoms with Gasteiger partial charge in [0.2, 0.25) is 5.88 Å². The number of hydrogen-bond acceptors (Lipinski definition) is 6. The summed E-state index contributed by atoms with van der Waals surface area (Å²) in [6.07, 6.45) is 0.389. The van der Waals surface area contributed by atoms with Crippen molar-refractivity contribution in [2.45, 2.75) is 52.8 Å². The van der Waals surface area contributed by atoms with Crippen LogP contribution in [0.3, 0.4) is 0 Å². The van der Waals surface area contributed by atoms with E-state index in [2.05, 4.69) is 18.7 Å². The summed E-state index contributed by atoms with van der Waals surface area (Å²) in [4.78, 5) is 2.27. The molecule has 0 aliphatic carbocycles. The molecule has 1 heterocycles. The number of rotatable bonds is 13. The Balaban J connectivity index is 1.99. The maximum atomic E-state index is 10.6. The highest BCUT2D eigenvalue weighted by Gasteiger charge is 2.24. The first-order valence-corrected chi connectivity index (χ1v) is 11.9. The van der Waals surface area contributed by atoms with Crippen molar-refractivity contribution < 1.29 is 19.3 Å². The van der Waals surface area contributed by atoms with Gasteiger partial charge in [-0.15, -0.1) is 0 Å². The average Bonchev–Trinajstić information content (AvgIpc) is 3.17. The number of ether oxygens (including phenoxy) is 3. The van der Waals surface area contributed by atoms with Crippen molar-refractivity contribution in [3.63, 3.8) is 0 Å². The van der Waals surface area contributed by atoms with Gasteiger partial charge in [-0.1, -0.05) is 31.2 Å². The van der Waals surface area contributed by atoms with Crippen molar-refractivity contribution in [3.8, 4) is 23.1 Å². The first-order chi connectivity index (χ1) is 16.5. The molecule has 0 fully saturated rings. The molecule has 7 nitrogen and oxygen atoms in total. The molecule has 0 radical (unpaired) electrons. The van der Waals surface area contributed by atoms with Crippen molar-refractivity contribution in [1.82, 2.24) is 14.7 Å². The summed E-state index contributed by atoms with van der Waals surface area (Å²) >= 11 is 0. The standard InChI is InChI=1S/C27H37N3O4/c1-6-20(3)29(17-23(31)19-33-7-2)18-26-21(4)28-30(22-12-9-8-10-13-22)27(26)34-25-15-11-14-24(16-25)32-5/h8-16,20,23,31H,6-7,17-19H2,1-5H3/t20-,23+/m1/s1. The number of hydrogen-bond donors (Lipinski definition) is 1. The number of aliphatic hydroxyl groups excluding tert-OH is 1. The minimum Gasteiger partial charge on any atom is -0.497 e. The first kappa shape index (κ1) is 25.7. The van der Waals surface area contributed by atoms with E-state index in [0.29, 0.717) is 37.9 Å².